The van der Waals surface area contributed by atoms with E-state index >= 15 is 0 Å². The third-order valence-corrected chi connectivity index (χ3v) is 3.62. The van der Waals surface area contributed by atoms with Gasteiger partial charge in [-0.3, -0.25) is 0 Å². The molecule has 1 N–H and O–H groups in total. The van der Waals surface area contributed by atoms with Gasteiger partial charge in [0.15, 0.2) is 0 Å². The summed E-state index contributed by atoms with van der Waals surface area (Å²) in [4.78, 5) is 13.7. The quantitative estimate of drug-likeness (QED) is 0.816. The third-order valence-electron chi connectivity index (χ3n) is 3.38. The van der Waals surface area contributed by atoms with E-state index in [0.717, 1.165) is 16.9 Å². The first-order chi connectivity index (χ1) is 11.1. The normalized spacial score (nSPS) is 10.2. The Labute approximate surface area is 142 Å². The summed E-state index contributed by atoms with van der Waals surface area (Å²) in [6.45, 7) is 3.37. The second kappa shape index (κ2) is 8.44. The molecule has 5 heteroatoms. The van der Waals surface area contributed by atoms with Gasteiger partial charge in [-0.25, -0.2) is 4.79 Å². The van der Waals surface area contributed by atoms with Gasteiger partial charge in [-0.2, -0.15) is 0 Å². The molecule has 2 rings (SSSR count). The zero-order chi connectivity index (χ0) is 16.7. The van der Waals surface area contributed by atoms with Crippen molar-refractivity contribution < 1.29 is 9.53 Å². The van der Waals surface area contributed by atoms with Gasteiger partial charge in [-0.05, 0) is 36.2 Å². The summed E-state index contributed by atoms with van der Waals surface area (Å²) in [6.07, 6.45) is 0. The average molecular weight is 333 g/mol. The van der Waals surface area contributed by atoms with Crippen LogP contribution in [0.4, 0.5) is 4.79 Å². The SMILES string of the molecule is Cc1cc(Cl)ccc1OCCNC(=O)N(C)Cc1ccccc1. The van der Waals surface area contributed by atoms with Crippen LogP contribution in [0.3, 0.4) is 0 Å². The Kier molecular flexibility index (Phi) is 6.29. The molecule has 0 fully saturated rings. The molecule has 4 nitrogen and oxygen atoms in total. The van der Waals surface area contributed by atoms with Crippen LogP contribution in [0.2, 0.25) is 5.02 Å². The van der Waals surface area contributed by atoms with Gasteiger partial charge in [0.1, 0.15) is 12.4 Å². The third kappa shape index (κ3) is 5.49. The second-order valence-electron chi connectivity index (χ2n) is 5.33. The first-order valence-corrected chi connectivity index (χ1v) is 7.86. The number of amides is 2. The van der Waals surface area contributed by atoms with E-state index in [9.17, 15) is 4.79 Å². The van der Waals surface area contributed by atoms with Gasteiger partial charge in [0.05, 0.1) is 6.54 Å². The van der Waals surface area contributed by atoms with Crippen molar-refractivity contribution in [2.45, 2.75) is 13.5 Å². The highest BCUT2D eigenvalue weighted by Gasteiger charge is 2.08. The summed E-state index contributed by atoms with van der Waals surface area (Å²) in [7, 11) is 1.77. The van der Waals surface area contributed by atoms with Crippen molar-refractivity contribution in [3.05, 3.63) is 64.7 Å². The fourth-order valence-corrected chi connectivity index (χ4v) is 2.38. The Morgan fingerprint density at radius 2 is 1.96 bits per heavy atom. The number of hydrogen-bond acceptors (Lipinski definition) is 2. The molecule has 0 bridgehead atoms. The van der Waals surface area contributed by atoms with Gasteiger partial charge in [0.2, 0.25) is 0 Å². The van der Waals surface area contributed by atoms with Crippen molar-refractivity contribution in [2.24, 2.45) is 0 Å². The van der Waals surface area contributed by atoms with E-state index in [1.165, 1.54) is 0 Å². The van der Waals surface area contributed by atoms with Crippen molar-refractivity contribution >= 4 is 17.6 Å². The van der Waals surface area contributed by atoms with Crippen LogP contribution in [0.5, 0.6) is 5.75 Å². The number of carbonyl (C=O) groups excluding carboxylic acids is 1. The lowest BCUT2D eigenvalue weighted by Gasteiger charge is -2.18. The fraction of sp³-hybridized carbons (Fsp3) is 0.278. The summed E-state index contributed by atoms with van der Waals surface area (Å²) in [5.74, 6) is 0.779. The molecule has 2 aromatic rings. The van der Waals surface area contributed by atoms with Crippen molar-refractivity contribution in [1.82, 2.24) is 10.2 Å². The molecule has 122 valence electrons. The highest BCUT2D eigenvalue weighted by Crippen LogP contribution is 2.21. The molecule has 0 saturated heterocycles. The van der Waals surface area contributed by atoms with Crippen LogP contribution in [0, 0.1) is 6.92 Å². The van der Waals surface area contributed by atoms with Crippen molar-refractivity contribution in [3.8, 4) is 5.75 Å². The minimum atomic E-state index is -0.120. The highest BCUT2D eigenvalue weighted by atomic mass is 35.5. The molecule has 23 heavy (non-hydrogen) atoms. The predicted molar refractivity (Wildman–Crippen MR) is 93.0 cm³/mol. The van der Waals surface area contributed by atoms with E-state index in [0.29, 0.717) is 24.7 Å². The Balaban J connectivity index is 1.72. The lowest BCUT2D eigenvalue weighted by molar-refractivity contribution is 0.203. The molecule has 0 unspecified atom stereocenters. The molecule has 0 aromatic heterocycles. The molecule has 0 spiro atoms. The number of rotatable bonds is 6. The van der Waals surface area contributed by atoms with E-state index in [1.807, 2.05) is 49.4 Å². The molecular formula is C18H21ClN2O2. The number of urea groups is 1. The summed E-state index contributed by atoms with van der Waals surface area (Å²) >= 11 is 5.90. The first kappa shape index (κ1) is 17.2. The average Bonchev–Trinajstić information content (AvgIpc) is 2.54. The number of hydrogen-bond donors (Lipinski definition) is 1. The minimum absolute atomic E-state index is 0.120. The summed E-state index contributed by atoms with van der Waals surface area (Å²) in [5.41, 5.74) is 2.07. The number of benzene rings is 2. The smallest absolute Gasteiger partial charge is 0.317 e. The maximum Gasteiger partial charge on any atom is 0.317 e. The van der Waals surface area contributed by atoms with Gasteiger partial charge in [-0.15, -0.1) is 0 Å². The molecule has 0 atom stereocenters. The largest absolute Gasteiger partial charge is 0.491 e. The van der Waals surface area contributed by atoms with Crippen LogP contribution in [0.15, 0.2) is 48.5 Å². The monoisotopic (exact) mass is 332 g/mol. The number of nitrogens with one attached hydrogen (secondary N) is 1. The van der Waals surface area contributed by atoms with Gasteiger partial charge in [0.25, 0.3) is 0 Å². The van der Waals surface area contributed by atoms with E-state index < -0.39 is 0 Å². The summed E-state index contributed by atoms with van der Waals surface area (Å²) in [6, 6.07) is 15.2. The maximum atomic E-state index is 12.0. The van der Waals surface area contributed by atoms with E-state index in [-0.39, 0.29) is 6.03 Å². The highest BCUT2D eigenvalue weighted by molar-refractivity contribution is 6.30. The van der Waals surface area contributed by atoms with E-state index in [4.69, 9.17) is 16.3 Å². The topological polar surface area (TPSA) is 41.6 Å². The molecule has 0 saturated carbocycles. The van der Waals surface area contributed by atoms with Crippen LogP contribution in [0.1, 0.15) is 11.1 Å². The van der Waals surface area contributed by atoms with Crippen LogP contribution >= 0.6 is 11.6 Å². The minimum Gasteiger partial charge on any atom is -0.491 e. The van der Waals surface area contributed by atoms with E-state index in [1.54, 1.807) is 18.0 Å². The zero-order valence-electron chi connectivity index (χ0n) is 13.4. The lowest BCUT2D eigenvalue weighted by atomic mass is 10.2. The van der Waals surface area contributed by atoms with E-state index in [2.05, 4.69) is 5.32 Å². The first-order valence-electron chi connectivity index (χ1n) is 7.48. The Bertz CT molecular complexity index is 647. The molecule has 2 aromatic carbocycles. The van der Waals surface area contributed by atoms with Gasteiger partial charge >= 0.3 is 6.03 Å². The number of halogens is 1. The molecule has 2 amide bonds. The second-order valence-corrected chi connectivity index (χ2v) is 5.77. The van der Waals surface area contributed by atoms with Crippen molar-refractivity contribution in [1.29, 1.82) is 0 Å². The number of ether oxygens (including phenoxy) is 1. The predicted octanol–water partition coefficient (Wildman–Crippen LogP) is 3.87. The van der Waals surface area contributed by atoms with Crippen LogP contribution in [-0.4, -0.2) is 31.1 Å². The molecule has 0 radical (unpaired) electrons. The molecule has 0 aliphatic rings. The van der Waals surface area contributed by atoms with Gasteiger partial charge < -0.3 is 15.0 Å². The van der Waals surface area contributed by atoms with Crippen molar-refractivity contribution in [2.75, 3.05) is 20.2 Å². The standard InChI is InChI=1S/C18H21ClN2O2/c1-14-12-16(19)8-9-17(14)23-11-10-20-18(22)21(2)13-15-6-4-3-5-7-15/h3-9,12H,10-11,13H2,1-2H3,(H,20,22). The number of aryl methyl sites for hydroxylation is 1. The van der Waals surface area contributed by atoms with Crippen LogP contribution in [-0.2, 0) is 6.54 Å². The molecular weight excluding hydrogens is 312 g/mol. The van der Waals surface area contributed by atoms with Crippen LogP contribution in [0.25, 0.3) is 0 Å². The zero-order valence-corrected chi connectivity index (χ0v) is 14.1. The Morgan fingerprint density at radius 3 is 2.65 bits per heavy atom. The van der Waals surface area contributed by atoms with Gasteiger partial charge in [-0.1, -0.05) is 41.9 Å². The Hall–Kier alpha value is -2.20. The molecule has 0 aliphatic heterocycles. The number of carbonyl (C=O) groups is 1. The lowest BCUT2D eigenvalue weighted by Crippen LogP contribution is -2.38. The maximum absolute atomic E-state index is 12.0. The molecule has 0 heterocycles. The Morgan fingerprint density at radius 1 is 1.22 bits per heavy atom. The van der Waals surface area contributed by atoms with Crippen molar-refractivity contribution in [3.63, 3.8) is 0 Å². The fourth-order valence-electron chi connectivity index (χ4n) is 2.16. The summed E-state index contributed by atoms with van der Waals surface area (Å²) in [5, 5.41) is 3.53. The van der Waals surface area contributed by atoms with Crippen LogP contribution < -0.4 is 10.1 Å². The number of nitrogens with zero attached hydrogens (tertiary/aromatic N) is 1. The molecule has 0 aliphatic carbocycles. The summed E-state index contributed by atoms with van der Waals surface area (Å²) < 4.78 is 5.65. The van der Waals surface area contributed by atoms with Gasteiger partial charge in [0, 0.05) is 18.6 Å².